The molecule has 0 amide bonds. The topological polar surface area (TPSA) is 86.3 Å². The summed E-state index contributed by atoms with van der Waals surface area (Å²) in [5.74, 6) is -3.81. The molecule has 6 nitrogen and oxygen atoms in total. The fourth-order valence-corrected chi connectivity index (χ4v) is 0.0667. The van der Waals surface area contributed by atoms with E-state index >= 15 is 0 Å². The molecule has 0 atom stereocenters. The summed E-state index contributed by atoms with van der Waals surface area (Å²) in [5, 5.41) is 18.8. The Kier molecular flexibility index (Phi) is 1.65. The molecule has 0 aromatic carbocycles. The van der Waals surface area contributed by atoms with Crippen molar-refractivity contribution in [1.29, 1.82) is 0 Å². The molecule has 0 aromatic rings. The van der Waals surface area contributed by atoms with Crippen molar-refractivity contribution in [1.82, 2.24) is 0 Å². The molecule has 0 rings (SSSR count). The molecule has 0 spiro atoms. The van der Waals surface area contributed by atoms with Gasteiger partial charge >= 0.3 is 5.92 Å². The van der Waals surface area contributed by atoms with Gasteiger partial charge in [-0.25, -0.2) is 0 Å². The first-order chi connectivity index (χ1) is 3.89. The second-order valence-electron chi connectivity index (χ2n) is 1.23. The fraction of sp³-hybridized carbons (Fsp3) is 0.500. The van der Waals surface area contributed by atoms with Crippen LogP contribution in [0.1, 0.15) is 0 Å². The molecule has 0 unspecified atom stereocenters. The molecule has 0 saturated heterocycles. The second-order valence-corrected chi connectivity index (χ2v) is 1.23. The minimum atomic E-state index is -3.81. The van der Waals surface area contributed by atoms with Crippen molar-refractivity contribution in [2.45, 2.75) is 5.92 Å². The predicted molar refractivity (Wildman–Crippen MR) is 23.2 cm³/mol. The van der Waals surface area contributed by atoms with Gasteiger partial charge in [0.05, 0.1) is 0 Å². The lowest BCUT2D eigenvalue weighted by molar-refractivity contribution is -0.816. The highest BCUT2D eigenvalue weighted by molar-refractivity contribution is 4.51. The minimum Gasteiger partial charge on any atom is -0.256 e. The average Bonchev–Trinajstić information content (AvgIpc) is 1.65. The van der Waals surface area contributed by atoms with E-state index in [4.69, 9.17) is 0 Å². The number of alkyl halides is 1. The lowest BCUT2D eigenvalue weighted by Gasteiger charge is -1.98. The number of nitro groups is 2. The van der Waals surface area contributed by atoms with Gasteiger partial charge in [-0.3, -0.25) is 20.2 Å². The van der Waals surface area contributed by atoms with E-state index in [0.29, 0.717) is 0 Å². The Balaban J connectivity index is 4.38. The molecular formula is C2H2FN2O4. The maximum absolute atomic E-state index is 11.8. The number of hydrogen-bond acceptors (Lipinski definition) is 4. The standard InChI is InChI=1S/C2H2FN2O4/c1-2(3,4(6)7)5(8)9/h1H2. The van der Waals surface area contributed by atoms with Crippen molar-refractivity contribution in [2.75, 3.05) is 0 Å². The summed E-state index contributed by atoms with van der Waals surface area (Å²) >= 11 is 0. The van der Waals surface area contributed by atoms with E-state index in [0.717, 1.165) is 0 Å². The quantitative estimate of drug-likeness (QED) is 0.232. The van der Waals surface area contributed by atoms with Gasteiger partial charge in [0.15, 0.2) is 0 Å². The van der Waals surface area contributed by atoms with Gasteiger partial charge in [-0.05, 0) is 0 Å². The lowest BCUT2D eigenvalue weighted by atomic mass is 10.6. The minimum absolute atomic E-state index is 1.72. The van der Waals surface area contributed by atoms with Gasteiger partial charge < -0.3 is 0 Å². The fourth-order valence-electron chi connectivity index (χ4n) is 0.0667. The zero-order chi connectivity index (χ0) is 7.65. The Hall–Kier alpha value is -1.27. The molecule has 0 aromatic heterocycles. The van der Waals surface area contributed by atoms with Crippen LogP contribution < -0.4 is 0 Å². The van der Waals surface area contributed by atoms with Gasteiger partial charge in [-0.15, -0.1) is 0 Å². The number of rotatable bonds is 2. The highest BCUT2D eigenvalue weighted by Crippen LogP contribution is 2.09. The van der Waals surface area contributed by atoms with Crippen LogP contribution in [0.5, 0.6) is 0 Å². The lowest BCUT2D eigenvalue weighted by Crippen LogP contribution is -2.38. The predicted octanol–water partition coefficient (Wildman–Crippen LogP) is -0.00281. The summed E-state index contributed by atoms with van der Waals surface area (Å²) in [7, 11) is 0. The van der Waals surface area contributed by atoms with E-state index in [1.165, 1.54) is 0 Å². The molecule has 7 heteroatoms. The average molecular weight is 137 g/mol. The van der Waals surface area contributed by atoms with Crippen LogP contribution in [0.25, 0.3) is 0 Å². The third-order valence-electron chi connectivity index (χ3n) is 0.560. The van der Waals surface area contributed by atoms with E-state index in [9.17, 15) is 24.6 Å². The summed E-state index contributed by atoms with van der Waals surface area (Å²) < 4.78 is 11.8. The van der Waals surface area contributed by atoms with Gasteiger partial charge in [0, 0.05) is 0 Å². The van der Waals surface area contributed by atoms with E-state index in [-0.39, 0.29) is 0 Å². The van der Waals surface area contributed by atoms with Crippen LogP contribution in [0.3, 0.4) is 0 Å². The first-order valence-corrected chi connectivity index (χ1v) is 1.72. The van der Waals surface area contributed by atoms with Crippen molar-refractivity contribution < 1.29 is 14.2 Å². The summed E-state index contributed by atoms with van der Waals surface area (Å²) in [6.07, 6.45) is 0. The van der Waals surface area contributed by atoms with Crippen LogP contribution in [0.15, 0.2) is 0 Å². The molecule has 0 heterocycles. The zero-order valence-electron chi connectivity index (χ0n) is 4.11. The summed E-state index contributed by atoms with van der Waals surface area (Å²) in [4.78, 5) is 15.3. The monoisotopic (exact) mass is 137 g/mol. The molecule has 0 aliphatic carbocycles. The maximum atomic E-state index is 11.8. The van der Waals surface area contributed by atoms with Crippen LogP contribution in [-0.4, -0.2) is 15.8 Å². The Morgan fingerprint density at radius 3 is 1.56 bits per heavy atom. The normalized spacial score (nSPS) is 10.9. The third kappa shape index (κ3) is 1.31. The van der Waals surface area contributed by atoms with Crippen molar-refractivity contribution in [2.24, 2.45) is 0 Å². The molecule has 0 saturated carbocycles. The molecule has 0 aliphatic heterocycles. The molecule has 0 aliphatic rings. The highest BCUT2D eigenvalue weighted by atomic mass is 19.2. The molecule has 0 N–H and O–H groups in total. The Morgan fingerprint density at radius 1 is 1.33 bits per heavy atom. The van der Waals surface area contributed by atoms with Crippen molar-refractivity contribution >= 4 is 0 Å². The van der Waals surface area contributed by atoms with Gasteiger partial charge in [-0.1, -0.05) is 4.39 Å². The summed E-state index contributed by atoms with van der Waals surface area (Å²) in [6, 6.07) is 0. The highest BCUT2D eigenvalue weighted by Gasteiger charge is 2.51. The largest absolute Gasteiger partial charge is 0.614 e. The van der Waals surface area contributed by atoms with E-state index in [2.05, 4.69) is 6.92 Å². The molecule has 51 valence electrons. The summed E-state index contributed by atoms with van der Waals surface area (Å²) in [6.45, 7) is 2.10. The van der Waals surface area contributed by atoms with Crippen LogP contribution in [0.4, 0.5) is 4.39 Å². The van der Waals surface area contributed by atoms with Gasteiger partial charge in [0.25, 0.3) is 0 Å². The first kappa shape index (κ1) is 7.73. The molecule has 0 bridgehead atoms. The van der Waals surface area contributed by atoms with Gasteiger partial charge in [0.2, 0.25) is 0 Å². The Morgan fingerprint density at radius 2 is 1.56 bits per heavy atom. The maximum Gasteiger partial charge on any atom is 0.614 e. The smallest absolute Gasteiger partial charge is 0.256 e. The first-order valence-electron chi connectivity index (χ1n) is 1.72. The second kappa shape index (κ2) is 1.92. The van der Waals surface area contributed by atoms with Crippen LogP contribution in [0, 0.1) is 27.2 Å². The number of halogens is 1. The van der Waals surface area contributed by atoms with Crippen molar-refractivity contribution in [3.63, 3.8) is 0 Å². The van der Waals surface area contributed by atoms with Crippen LogP contribution in [0.2, 0.25) is 0 Å². The summed E-state index contributed by atoms with van der Waals surface area (Å²) in [5.41, 5.74) is 0. The SMILES string of the molecule is [CH2]C(F)([N+](=O)[O-])[N+](=O)[O-]. The molecule has 9 heavy (non-hydrogen) atoms. The van der Waals surface area contributed by atoms with Crippen molar-refractivity contribution in [3.8, 4) is 0 Å². The van der Waals surface area contributed by atoms with E-state index < -0.39 is 15.8 Å². The molecular weight excluding hydrogens is 135 g/mol. The Labute approximate surface area is 48.6 Å². The Bertz CT molecular complexity index is 139. The number of nitrogens with zero attached hydrogens (tertiary/aromatic N) is 2. The van der Waals surface area contributed by atoms with Crippen LogP contribution in [-0.2, 0) is 0 Å². The van der Waals surface area contributed by atoms with Gasteiger partial charge in [0.1, 0.15) is 16.8 Å². The van der Waals surface area contributed by atoms with E-state index in [1.807, 2.05) is 0 Å². The van der Waals surface area contributed by atoms with Gasteiger partial charge in [-0.2, -0.15) is 0 Å². The van der Waals surface area contributed by atoms with E-state index in [1.54, 1.807) is 0 Å². The van der Waals surface area contributed by atoms with Crippen LogP contribution >= 0.6 is 0 Å². The number of hydrogen-bond donors (Lipinski definition) is 0. The van der Waals surface area contributed by atoms with Crippen molar-refractivity contribution in [3.05, 3.63) is 27.2 Å². The molecule has 1 radical (unpaired) electrons. The molecule has 0 fully saturated rings. The zero-order valence-corrected chi connectivity index (χ0v) is 4.11. The third-order valence-corrected chi connectivity index (χ3v) is 0.560.